The van der Waals surface area contributed by atoms with Crippen LogP contribution in [0.3, 0.4) is 0 Å². The van der Waals surface area contributed by atoms with Crippen LogP contribution in [-0.4, -0.2) is 15.0 Å². The average Bonchev–Trinajstić information content (AvgIpc) is 2.38. The second kappa shape index (κ2) is 8.97. The molecule has 0 aliphatic carbocycles. The number of thiol groups is 1. The number of rotatable bonds is 9. The van der Waals surface area contributed by atoms with E-state index in [1.807, 2.05) is 0 Å². The number of ether oxygens (including phenoxy) is 1. The zero-order valence-corrected chi connectivity index (χ0v) is 11.8. The Morgan fingerprint density at radius 2 is 1.56 bits per heavy atom. The predicted octanol–water partition coefficient (Wildman–Crippen LogP) is 3.40. The third kappa shape index (κ3) is 6.05. The van der Waals surface area contributed by atoms with Gasteiger partial charge >= 0.3 is 0 Å². The van der Waals surface area contributed by atoms with Gasteiger partial charge in [0.1, 0.15) is 5.75 Å². The summed E-state index contributed by atoms with van der Waals surface area (Å²) in [6.45, 7) is 2.91. The van der Waals surface area contributed by atoms with Crippen molar-refractivity contribution < 1.29 is 13.2 Å². The Morgan fingerprint density at radius 1 is 0.944 bits per heavy atom. The van der Waals surface area contributed by atoms with Crippen LogP contribution in [0.15, 0.2) is 29.2 Å². The lowest BCUT2D eigenvalue weighted by molar-refractivity contribution is 0.304. The summed E-state index contributed by atoms with van der Waals surface area (Å²) >= 11 is 0. The SMILES string of the molecule is CCCCCCCCOc1ccc([SH](=O)=O)cc1. The van der Waals surface area contributed by atoms with Crippen molar-refractivity contribution in [3.63, 3.8) is 0 Å². The summed E-state index contributed by atoms with van der Waals surface area (Å²) in [7, 11) is -2.49. The second-order valence-electron chi connectivity index (χ2n) is 4.37. The fraction of sp³-hybridized carbons (Fsp3) is 0.571. The van der Waals surface area contributed by atoms with Crippen LogP contribution in [0.4, 0.5) is 0 Å². The molecule has 0 amide bonds. The minimum Gasteiger partial charge on any atom is -0.494 e. The van der Waals surface area contributed by atoms with Gasteiger partial charge in [-0.15, -0.1) is 0 Å². The van der Waals surface area contributed by atoms with Crippen LogP contribution >= 0.6 is 0 Å². The lowest BCUT2D eigenvalue weighted by Gasteiger charge is -2.06. The first-order valence-electron chi connectivity index (χ1n) is 6.61. The van der Waals surface area contributed by atoms with Gasteiger partial charge in [-0.25, -0.2) is 8.42 Å². The molecule has 0 bridgehead atoms. The van der Waals surface area contributed by atoms with E-state index in [1.54, 1.807) is 24.3 Å². The van der Waals surface area contributed by atoms with E-state index in [4.69, 9.17) is 4.74 Å². The van der Waals surface area contributed by atoms with Gasteiger partial charge in [-0.1, -0.05) is 39.0 Å². The van der Waals surface area contributed by atoms with E-state index in [-0.39, 0.29) is 0 Å². The molecule has 0 aliphatic heterocycles. The minimum absolute atomic E-state index is 0.330. The first kappa shape index (κ1) is 15.0. The number of hydrogen-bond donors (Lipinski definition) is 1. The third-order valence-electron chi connectivity index (χ3n) is 2.81. The Kier molecular flexibility index (Phi) is 7.49. The molecule has 0 fully saturated rings. The molecule has 0 radical (unpaired) electrons. The highest BCUT2D eigenvalue weighted by molar-refractivity contribution is 7.72. The molecule has 0 heterocycles. The Bertz CT molecular complexity index is 388. The van der Waals surface area contributed by atoms with Gasteiger partial charge in [0.25, 0.3) is 0 Å². The molecule has 0 aliphatic rings. The number of hydrogen-bond acceptors (Lipinski definition) is 3. The van der Waals surface area contributed by atoms with Crippen LogP contribution in [0.1, 0.15) is 45.4 Å². The Hall–Kier alpha value is -1.03. The van der Waals surface area contributed by atoms with Crippen molar-refractivity contribution in [1.82, 2.24) is 0 Å². The third-order valence-corrected chi connectivity index (χ3v) is 3.53. The van der Waals surface area contributed by atoms with Crippen LogP contribution < -0.4 is 4.74 Å². The average molecular weight is 270 g/mol. The largest absolute Gasteiger partial charge is 0.494 e. The van der Waals surface area contributed by atoms with Crippen molar-refractivity contribution >= 4 is 10.7 Å². The summed E-state index contributed by atoms with van der Waals surface area (Å²) in [5.41, 5.74) is 0. The van der Waals surface area contributed by atoms with Crippen LogP contribution in [0.5, 0.6) is 5.75 Å². The van der Waals surface area contributed by atoms with E-state index in [0.717, 1.165) is 12.2 Å². The second-order valence-corrected chi connectivity index (χ2v) is 5.40. The molecule has 1 aromatic rings. The standard InChI is InChI=1S/C14H22O3S/c1-2-3-4-5-6-7-12-17-13-8-10-14(11-9-13)18(15)16/h8-11,18H,2-7,12H2,1H3. The van der Waals surface area contributed by atoms with Crippen molar-refractivity contribution in [3.05, 3.63) is 24.3 Å². The molecule has 102 valence electrons. The summed E-state index contributed by atoms with van der Waals surface area (Å²) in [5, 5.41) is 0. The lowest BCUT2D eigenvalue weighted by Crippen LogP contribution is -1.97. The monoisotopic (exact) mass is 270 g/mol. The van der Waals surface area contributed by atoms with Gasteiger partial charge < -0.3 is 4.74 Å². The fourth-order valence-corrected chi connectivity index (χ4v) is 2.13. The van der Waals surface area contributed by atoms with Crippen LogP contribution in [0.25, 0.3) is 0 Å². The molecule has 0 saturated carbocycles. The minimum atomic E-state index is -2.49. The highest BCUT2D eigenvalue weighted by Crippen LogP contribution is 2.13. The Labute approximate surface area is 111 Å². The molecule has 1 aromatic carbocycles. The lowest BCUT2D eigenvalue weighted by atomic mass is 10.1. The first-order valence-corrected chi connectivity index (χ1v) is 7.79. The molecular weight excluding hydrogens is 248 g/mol. The van der Waals surface area contributed by atoms with Crippen LogP contribution in [0, 0.1) is 0 Å². The van der Waals surface area contributed by atoms with E-state index in [0.29, 0.717) is 11.5 Å². The summed E-state index contributed by atoms with van der Waals surface area (Å²) in [6, 6.07) is 6.56. The molecule has 1 rings (SSSR count). The van der Waals surface area contributed by atoms with Crippen LogP contribution in [0.2, 0.25) is 0 Å². The molecular formula is C14H22O3S. The van der Waals surface area contributed by atoms with Crippen molar-refractivity contribution in [1.29, 1.82) is 0 Å². The highest BCUT2D eigenvalue weighted by atomic mass is 32.2. The van der Waals surface area contributed by atoms with E-state index in [1.165, 1.54) is 32.1 Å². The molecule has 18 heavy (non-hydrogen) atoms. The van der Waals surface area contributed by atoms with Crippen molar-refractivity contribution in [3.8, 4) is 5.75 Å². The van der Waals surface area contributed by atoms with E-state index in [9.17, 15) is 8.42 Å². The topological polar surface area (TPSA) is 43.4 Å². The predicted molar refractivity (Wildman–Crippen MR) is 73.9 cm³/mol. The Balaban J connectivity index is 2.15. The maximum absolute atomic E-state index is 10.7. The molecule has 0 saturated heterocycles. The zero-order chi connectivity index (χ0) is 13.2. The van der Waals surface area contributed by atoms with E-state index in [2.05, 4.69) is 6.92 Å². The Morgan fingerprint density at radius 3 is 2.17 bits per heavy atom. The summed E-state index contributed by atoms with van der Waals surface area (Å²) < 4.78 is 26.9. The van der Waals surface area contributed by atoms with Crippen molar-refractivity contribution in [2.45, 2.75) is 50.3 Å². The van der Waals surface area contributed by atoms with Gasteiger partial charge in [0.15, 0.2) is 10.7 Å². The molecule has 4 heteroatoms. The molecule has 0 spiro atoms. The highest BCUT2D eigenvalue weighted by Gasteiger charge is 1.97. The molecule has 0 atom stereocenters. The first-order chi connectivity index (χ1) is 8.74. The molecule has 0 N–H and O–H groups in total. The van der Waals surface area contributed by atoms with Gasteiger partial charge in [-0.3, -0.25) is 0 Å². The molecule has 0 unspecified atom stereocenters. The van der Waals surface area contributed by atoms with Gasteiger partial charge in [0.05, 0.1) is 11.5 Å². The number of unbranched alkanes of at least 4 members (excludes halogenated alkanes) is 5. The summed E-state index contributed by atoms with van der Waals surface area (Å²) in [6.07, 6.45) is 7.42. The number of benzene rings is 1. The van der Waals surface area contributed by atoms with Gasteiger partial charge in [-0.2, -0.15) is 0 Å². The normalized spacial score (nSPS) is 10.8. The van der Waals surface area contributed by atoms with Crippen LogP contribution in [-0.2, 0) is 10.7 Å². The molecule has 3 nitrogen and oxygen atoms in total. The van der Waals surface area contributed by atoms with Gasteiger partial charge in [0.2, 0.25) is 0 Å². The van der Waals surface area contributed by atoms with Crippen molar-refractivity contribution in [2.24, 2.45) is 0 Å². The van der Waals surface area contributed by atoms with E-state index >= 15 is 0 Å². The van der Waals surface area contributed by atoms with Gasteiger partial charge in [0, 0.05) is 0 Å². The summed E-state index contributed by atoms with van der Waals surface area (Å²) in [5.74, 6) is 0.740. The maximum atomic E-state index is 10.7. The fourth-order valence-electron chi connectivity index (χ4n) is 1.74. The summed E-state index contributed by atoms with van der Waals surface area (Å²) in [4.78, 5) is 0.330. The van der Waals surface area contributed by atoms with Crippen molar-refractivity contribution in [2.75, 3.05) is 6.61 Å². The zero-order valence-electron chi connectivity index (χ0n) is 10.9. The van der Waals surface area contributed by atoms with Gasteiger partial charge in [-0.05, 0) is 30.7 Å². The quantitative estimate of drug-likeness (QED) is 0.552. The maximum Gasteiger partial charge on any atom is 0.168 e. The van der Waals surface area contributed by atoms with E-state index < -0.39 is 10.7 Å². The smallest absolute Gasteiger partial charge is 0.168 e. The molecule has 0 aromatic heterocycles.